The summed E-state index contributed by atoms with van der Waals surface area (Å²) in [6, 6.07) is 14.5. The lowest BCUT2D eigenvalue weighted by Crippen LogP contribution is -2.03. The third-order valence-corrected chi connectivity index (χ3v) is 4.29. The van der Waals surface area contributed by atoms with E-state index in [1.807, 2.05) is 6.07 Å². The fourth-order valence-electron chi connectivity index (χ4n) is 2.62. The molecule has 0 aliphatic carbocycles. The van der Waals surface area contributed by atoms with E-state index in [1.165, 1.54) is 16.5 Å². The molecule has 0 aliphatic rings. The van der Waals surface area contributed by atoms with Crippen molar-refractivity contribution in [2.45, 2.75) is 13.1 Å². The van der Waals surface area contributed by atoms with Gasteiger partial charge in [-0.15, -0.1) is 0 Å². The number of fused-ring (bicyclic) bond motifs is 1. The second kappa shape index (κ2) is 5.92. The number of benzene rings is 2. The predicted octanol–water partition coefficient (Wildman–Crippen LogP) is 3.92. The molecule has 0 saturated heterocycles. The van der Waals surface area contributed by atoms with Crippen LogP contribution in [0.25, 0.3) is 10.9 Å². The average molecular weight is 345 g/mol. The molecule has 3 nitrogen and oxygen atoms in total. The Hall–Kier alpha value is -1.78. The predicted molar refractivity (Wildman–Crippen MR) is 89.6 cm³/mol. The van der Waals surface area contributed by atoms with Gasteiger partial charge < -0.3 is 15.0 Å². The Morgan fingerprint density at radius 1 is 1.19 bits per heavy atom. The first-order valence-corrected chi connectivity index (χ1v) is 7.61. The van der Waals surface area contributed by atoms with Crippen molar-refractivity contribution in [2.24, 2.45) is 5.73 Å². The number of hydrogen-bond acceptors (Lipinski definition) is 2. The topological polar surface area (TPSA) is 40.2 Å². The van der Waals surface area contributed by atoms with Crippen molar-refractivity contribution in [3.05, 3.63) is 64.3 Å². The van der Waals surface area contributed by atoms with Crippen molar-refractivity contribution < 1.29 is 4.74 Å². The van der Waals surface area contributed by atoms with E-state index in [0.29, 0.717) is 6.54 Å². The minimum absolute atomic E-state index is 0.479. The maximum absolute atomic E-state index is 5.79. The number of rotatable bonds is 4. The van der Waals surface area contributed by atoms with Crippen LogP contribution in [0.1, 0.15) is 11.1 Å². The summed E-state index contributed by atoms with van der Waals surface area (Å²) in [5.41, 5.74) is 9.25. The maximum atomic E-state index is 5.79. The highest BCUT2D eigenvalue weighted by molar-refractivity contribution is 9.10. The molecule has 0 atom stereocenters. The lowest BCUT2D eigenvalue weighted by atomic mass is 10.1. The minimum atomic E-state index is 0.479. The number of nitrogens with two attached hydrogens (primary N) is 1. The lowest BCUT2D eigenvalue weighted by molar-refractivity contribution is 0.409. The van der Waals surface area contributed by atoms with E-state index in [-0.39, 0.29) is 0 Å². The van der Waals surface area contributed by atoms with Crippen LogP contribution in [0.5, 0.6) is 5.75 Å². The highest BCUT2D eigenvalue weighted by Crippen LogP contribution is 2.27. The van der Waals surface area contributed by atoms with Crippen LogP contribution in [0.15, 0.2) is 53.1 Å². The largest absolute Gasteiger partial charge is 0.496 e. The van der Waals surface area contributed by atoms with Crippen LogP contribution in [0.4, 0.5) is 0 Å². The van der Waals surface area contributed by atoms with Gasteiger partial charge in [0, 0.05) is 40.2 Å². The first kappa shape index (κ1) is 14.2. The molecule has 108 valence electrons. The summed E-state index contributed by atoms with van der Waals surface area (Å²) >= 11 is 3.62. The Morgan fingerprint density at radius 2 is 2.00 bits per heavy atom. The van der Waals surface area contributed by atoms with Gasteiger partial charge in [0.1, 0.15) is 5.75 Å². The van der Waals surface area contributed by atoms with Gasteiger partial charge in [-0.05, 0) is 39.7 Å². The number of methoxy groups -OCH3 is 1. The van der Waals surface area contributed by atoms with Gasteiger partial charge >= 0.3 is 0 Å². The second-order valence-corrected chi connectivity index (χ2v) is 5.83. The van der Waals surface area contributed by atoms with Gasteiger partial charge in [0.2, 0.25) is 0 Å². The number of para-hydroxylation sites is 1. The number of aromatic nitrogens is 1. The Balaban J connectivity index is 1.99. The summed E-state index contributed by atoms with van der Waals surface area (Å²) in [6.45, 7) is 1.29. The molecule has 21 heavy (non-hydrogen) atoms. The summed E-state index contributed by atoms with van der Waals surface area (Å²) in [7, 11) is 1.67. The van der Waals surface area contributed by atoms with Crippen LogP contribution >= 0.6 is 15.9 Å². The van der Waals surface area contributed by atoms with Gasteiger partial charge in [-0.1, -0.05) is 24.3 Å². The molecule has 4 heteroatoms. The first-order chi connectivity index (χ1) is 10.2. The van der Waals surface area contributed by atoms with Crippen LogP contribution in [0.2, 0.25) is 0 Å². The highest BCUT2D eigenvalue weighted by Gasteiger charge is 2.08. The summed E-state index contributed by atoms with van der Waals surface area (Å²) < 4.78 is 8.68. The van der Waals surface area contributed by atoms with Gasteiger partial charge in [-0.25, -0.2) is 0 Å². The average Bonchev–Trinajstić information content (AvgIpc) is 2.84. The normalized spacial score (nSPS) is 11.0. The van der Waals surface area contributed by atoms with E-state index < -0.39 is 0 Å². The molecule has 0 spiro atoms. The van der Waals surface area contributed by atoms with Crippen LogP contribution in [-0.4, -0.2) is 11.7 Å². The zero-order valence-electron chi connectivity index (χ0n) is 11.8. The molecular formula is C17H17BrN2O. The van der Waals surface area contributed by atoms with E-state index in [0.717, 1.165) is 22.3 Å². The molecule has 0 saturated carbocycles. The first-order valence-electron chi connectivity index (χ1n) is 6.82. The van der Waals surface area contributed by atoms with E-state index in [2.05, 4.69) is 63.1 Å². The fraction of sp³-hybridized carbons (Fsp3) is 0.176. The third-order valence-electron chi connectivity index (χ3n) is 3.66. The molecule has 0 amide bonds. The van der Waals surface area contributed by atoms with E-state index in [1.54, 1.807) is 7.11 Å². The van der Waals surface area contributed by atoms with Crippen molar-refractivity contribution in [2.75, 3.05) is 7.11 Å². The van der Waals surface area contributed by atoms with E-state index in [4.69, 9.17) is 10.5 Å². The quantitative estimate of drug-likeness (QED) is 0.779. The number of hydrogen-bond donors (Lipinski definition) is 1. The van der Waals surface area contributed by atoms with E-state index >= 15 is 0 Å². The molecular weight excluding hydrogens is 328 g/mol. The van der Waals surface area contributed by atoms with Gasteiger partial charge in [-0.3, -0.25) is 0 Å². The van der Waals surface area contributed by atoms with Gasteiger partial charge in [0.25, 0.3) is 0 Å². The van der Waals surface area contributed by atoms with Crippen molar-refractivity contribution >= 4 is 26.8 Å². The number of nitrogens with zero attached hydrogens (tertiary/aromatic N) is 1. The molecule has 2 N–H and O–H groups in total. The van der Waals surface area contributed by atoms with Gasteiger partial charge in [0.15, 0.2) is 0 Å². The Morgan fingerprint density at radius 3 is 2.76 bits per heavy atom. The maximum Gasteiger partial charge on any atom is 0.123 e. The van der Waals surface area contributed by atoms with Crippen LogP contribution in [-0.2, 0) is 13.1 Å². The molecule has 2 aromatic carbocycles. The zero-order chi connectivity index (χ0) is 14.8. The molecule has 0 unspecified atom stereocenters. The molecule has 0 fully saturated rings. The van der Waals surface area contributed by atoms with E-state index in [9.17, 15) is 0 Å². The van der Waals surface area contributed by atoms with Crippen molar-refractivity contribution in [1.29, 1.82) is 0 Å². The summed E-state index contributed by atoms with van der Waals surface area (Å²) in [6.07, 6.45) is 2.12. The molecule has 1 heterocycles. The molecule has 3 rings (SSSR count). The minimum Gasteiger partial charge on any atom is -0.496 e. The Labute approximate surface area is 132 Å². The van der Waals surface area contributed by atoms with Crippen molar-refractivity contribution in [3.63, 3.8) is 0 Å². The van der Waals surface area contributed by atoms with Gasteiger partial charge in [0.05, 0.1) is 7.11 Å². The van der Waals surface area contributed by atoms with Crippen LogP contribution in [0, 0.1) is 0 Å². The highest BCUT2D eigenvalue weighted by atomic mass is 79.9. The Bertz CT molecular complexity index is 780. The number of halogens is 1. The zero-order valence-corrected chi connectivity index (χ0v) is 13.4. The fourth-order valence-corrected chi connectivity index (χ4v) is 3.20. The summed E-state index contributed by atoms with van der Waals surface area (Å²) in [4.78, 5) is 0. The van der Waals surface area contributed by atoms with Crippen molar-refractivity contribution in [1.82, 2.24) is 4.57 Å². The SMILES string of the molecule is COc1ccc(Cn2cc(Br)c3ccccc32)cc1CN. The molecule has 3 aromatic rings. The smallest absolute Gasteiger partial charge is 0.123 e. The van der Waals surface area contributed by atoms with Crippen LogP contribution in [0.3, 0.4) is 0 Å². The van der Waals surface area contributed by atoms with Crippen molar-refractivity contribution in [3.8, 4) is 5.75 Å². The molecule has 0 bridgehead atoms. The summed E-state index contributed by atoms with van der Waals surface area (Å²) in [5.74, 6) is 0.847. The monoisotopic (exact) mass is 344 g/mol. The molecule has 0 aliphatic heterocycles. The van der Waals surface area contributed by atoms with Gasteiger partial charge in [-0.2, -0.15) is 0 Å². The second-order valence-electron chi connectivity index (χ2n) is 4.97. The number of ether oxygens (including phenoxy) is 1. The summed E-state index contributed by atoms with van der Waals surface area (Å²) in [5, 5.41) is 1.23. The molecule has 1 aromatic heterocycles. The Kier molecular flexibility index (Phi) is 3.99. The third kappa shape index (κ3) is 2.69. The van der Waals surface area contributed by atoms with Crippen LogP contribution < -0.4 is 10.5 Å². The lowest BCUT2D eigenvalue weighted by Gasteiger charge is -2.10. The molecule has 0 radical (unpaired) electrons. The standard InChI is InChI=1S/C17H17BrN2O/c1-21-17-7-6-12(8-13(17)9-19)10-20-11-15(18)14-4-2-3-5-16(14)20/h2-8,11H,9-10,19H2,1H3.